The standard InChI is InChI=1S/C17H13N3O/c1-11-18-14-9-10-16(21)19-17(14)20(11)15-8-4-6-12-5-2-3-7-13(12)15/h2-10H,1H3,(H,19,21). The Kier molecular flexibility index (Phi) is 2.44. The zero-order valence-corrected chi connectivity index (χ0v) is 11.5. The maximum Gasteiger partial charge on any atom is 0.212 e. The third-order valence-corrected chi connectivity index (χ3v) is 3.67. The van der Waals surface area contributed by atoms with Crippen LogP contribution in [0, 0.1) is 6.92 Å². The second-order valence-electron chi connectivity index (χ2n) is 5.00. The van der Waals surface area contributed by atoms with Gasteiger partial charge in [-0.1, -0.05) is 36.4 Å². The van der Waals surface area contributed by atoms with Crippen molar-refractivity contribution in [1.29, 1.82) is 0 Å². The Morgan fingerprint density at radius 1 is 0.905 bits per heavy atom. The van der Waals surface area contributed by atoms with E-state index in [1.807, 2.05) is 35.8 Å². The third kappa shape index (κ3) is 1.76. The van der Waals surface area contributed by atoms with Gasteiger partial charge in [-0.15, -0.1) is 0 Å². The number of aryl methyl sites for hydroxylation is 1. The molecule has 4 heteroatoms. The average molecular weight is 275 g/mol. The summed E-state index contributed by atoms with van der Waals surface area (Å²) in [6, 6.07) is 17.7. The lowest BCUT2D eigenvalue weighted by molar-refractivity contribution is 0.455. The monoisotopic (exact) mass is 275 g/mol. The van der Waals surface area contributed by atoms with Gasteiger partial charge in [0, 0.05) is 11.5 Å². The van der Waals surface area contributed by atoms with Crippen LogP contribution in [0.25, 0.3) is 27.6 Å². The van der Waals surface area contributed by atoms with Crippen LogP contribution in [0.2, 0.25) is 0 Å². The van der Waals surface area contributed by atoms with Gasteiger partial charge in [-0.3, -0.25) is 4.57 Å². The number of imidazole rings is 1. The predicted molar refractivity (Wildman–Crippen MR) is 82.8 cm³/mol. The van der Waals surface area contributed by atoms with E-state index in [9.17, 15) is 5.11 Å². The van der Waals surface area contributed by atoms with Crippen molar-refractivity contribution in [3.05, 3.63) is 60.4 Å². The van der Waals surface area contributed by atoms with Crippen molar-refractivity contribution in [1.82, 2.24) is 14.5 Å². The Hall–Kier alpha value is -2.88. The van der Waals surface area contributed by atoms with Gasteiger partial charge >= 0.3 is 0 Å². The summed E-state index contributed by atoms with van der Waals surface area (Å²) in [6.07, 6.45) is 0. The van der Waals surface area contributed by atoms with Crippen LogP contribution in [0.1, 0.15) is 5.82 Å². The molecule has 0 fully saturated rings. The quantitative estimate of drug-likeness (QED) is 0.577. The van der Waals surface area contributed by atoms with Crippen molar-refractivity contribution in [3.8, 4) is 11.6 Å². The molecule has 0 aliphatic carbocycles. The van der Waals surface area contributed by atoms with E-state index in [0.29, 0.717) is 5.65 Å². The molecule has 2 heterocycles. The molecule has 0 unspecified atom stereocenters. The summed E-state index contributed by atoms with van der Waals surface area (Å²) < 4.78 is 1.98. The first kappa shape index (κ1) is 11.9. The number of hydrogen-bond donors (Lipinski definition) is 1. The van der Waals surface area contributed by atoms with Gasteiger partial charge < -0.3 is 5.11 Å². The number of aromatic nitrogens is 3. The molecule has 0 saturated carbocycles. The molecule has 0 aliphatic heterocycles. The van der Waals surface area contributed by atoms with Gasteiger partial charge in [0.05, 0.1) is 5.69 Å². The first-order chi connectivity index (χ1) is 10.2. The Labute approximate surface area is 121 Å². The molecule has 0 amide bonds. The summed E-state index contributed by atoms with van der Waals surface area (Å²) in [6.45, 7) is 1.94. The lowest BCUT2D eigenvalue weighted by Gasteiger charge is -2.10. The maximum atomic E-state index is 9.67. The first-order valence-corrected chi connectivity index (χ1v) is 6.77. The smallest absolute Gasteiger partial charge is 0.212 e. The lowest BCUT2D eigenvalue weighted by atomic mass is 10.1. The minimum atomic E-state index is 0.00360. The van der Waals surface area contributed by atoms with Gasteiger partial charge in [0.2, 0.25) is 5.88 Å². The largest absolute Gasteiger partial charge is 0.493 e. The van der Waals surface area contributed by atoms with E-state index in [4.69, 9.17) is 0 Å². The van der Waals surface area contributed by atoms with E-state index in [2.05, 4.69) is 28.2 Å². The minimum absolute atomic E-state index is 0.00360. The highest BCUT2D eigenvalue weighted by Gasteiger charge is 2.13. The SMILES string of the molecule is Cc1nc2ccc(O)nc2n1-c1cccc2ccccc12. The number of pyridine rings is 1. The van der Waals surface area contributed by atoms with Crippen LogP contribution in [-0.4, -0.2) is 19.6 Å². The van der Waals surface area contributed by atoms with E-state index in [1.165, 1.54) is 0 Å². The Morgan fingerprint density at radius 3 is 2.62 bits per heavy atom. The molecule has 0 saturated heterocycles. The average Bonchev–Trinajstić information content (AvgIpc) is 2.82. The van der Waals surface area contributed by atoms with Crippen LogP contribution in [0.3, 0.4) is 0 Å². The van der Waals surface area contributed by atoms with Crippen molar-refractivity contribution >= 4 is 21.9 Å². The summed E-state index contributed by atoms with van der Waals surface area (Å²) >= 11 is 0. The number of nitrogens with zero attached hydrogens (tertiary/aromatic N) is 3. The van der Waals surface area contributed by atoms with Gasteiger partial charge in [-0.25, -0.2) is 4.98 Å². The van der Waals surface area contributed by atoms with Crippen molar-refractivity contribution in [2.45, 2.75) is 6.92 Å². The van der Waals surface area contributed by atoms with Gasteiger partial charge in [-0.05, 0) is 24.4 Å². The molecule has 0 spiro atoms. The second-order valence-corrected chi connectivity index (χ2v) is 5.00. The fourth-order valence-corrected chi connectivity index (χ4v) is 2.75. The molecule has 4 rings (SSSR count). The molecule has 1 N–H and O–H groups in total. The Morgan fingerprint density at radius 2 is 1.71 bits per heavy atom. The highest BCUT2D eigenvalue weighted by atomic mass is 16.3. The van der Waals surface area contributed by atoms with E-state index >= 15 is 0 Å². The number of rotatable bonds is 1. The summed E-state index contributed by atoms with van der Waals surface area (Å²) in [5, 5.41) is 12.0. The van der Waals surface area contributed by atoms with Gasteiger partial charge in [0.1, 0.15) is 11.3 Å². The maximum absolute atomic E-state index is 9.67. The third-order valence-electron chi connectivity index (χ3n) is 3.67. The molecule has 0 bridgehead atoms. The molecule has 102 valence electrons. The van der Waals surface area contributed by atoms with E-state index in [0.717, 1.165) is 27.8 Å². The van der Waals surface area contributed by atoms with Gasteiger partial charge in [0.25, 0.3) is 0 Å². The molecule has 2 aromatic carbocycles. The summed E-state index contributed by atoms with van der Waals surface area (Å²) in [5.41, 5.74) is 2.47. The topological polar surface area (TPSA) is 50.9 Å². The van der Waals surface area contributed by atoms with Crippen LogP contribution in [0.5, 0.6) is 5.88 Å². The fraction of sp³-hybridized carbons (Fsp3) is 0.0588. The first-order valence-electron chi connectivity index (χ1n) is 6.77. The second kappa shape index (κ2) is 4.31. The molecule has 0 radical (unpaired) electrons. The Bertz CT molecular complexity index is 967. The summed E-state index contributed by atoms with van der Waals surface area (Å²) in [4.78, 5) is 8.76. The Balaban J connectivity index is 2.14. The van der Waals surface area contributed by atoms with Crippen molar-refractivity contribution in [2.75, 3.05) is 0 Å². The molecule has 21 heavy (non-hydrogen) atoms. The zero-order valence-electron chi connectivity index (χ0n) is 11.5. The van der Waals surface area contributed by atoms with Crippen LogP contribution in [0.15, 0.2) is 54.6 Å². The lowest BCUT2D eigenvalue weighted by Crippen LogP contribution is -1.99. The van der Waals surface area contributed by atoms with Crippen LogP contribution >= 0.6 is 0 Å². The number of fused-ring (bicyclic) bond motifs is 2. The van der Waals surface area contributed by atoms with E-state index < -0.39 is 0 Å². The molecule has 4 nitrogen and oxygen atoms in total. The molecular formula is C17H13N3O. The van der Waals surface area contributed by atoms with E-state index in [1.54, 1.807) is 12.1 Å². The van der Waals surface area contributed by atoms with E-state index in [-0.39, 0.29) is 5.88 Å². The van der Waals surface area contributed by atoms with Gasteiger partial charge in [0.15, 0.2) is 5.65 Å². The summed E-state index contributed by atoms with van der Waals surface area (Å²) in [7, 11) is 0. The van der Waals surface area contributed by atoms with Crippen molar-refractivity contribution < 1.29 is 5.11 Å². The normalized spacial score (nSPS) is 11.3. The fourth-order valence-electron chi connectivity index (χ4n) is 2.75. The number of aromatic hydroxyl groups is 1. The highest BCUT2D eigenvalue weighted by Crippen LogP contribution is 2.27. The molecule has 2 aromatic heterocycles. The predicted octanol–water partition coefficient (Wildman–Crippen LogP) is 3.59. The summed E-state index contributed by atoms with van der Waals surface area (Å²) in [5.74, 6) is 0.850. The number of hydrogen-bond acceptors (Lipinski definition) is 3. The van der Waals surface area contributed by atoms with Crippen molar-refractivity contribution in [2.24, 2.45) is 0 Å². The van der Waals surface area contributed by atoms with Crippen molar-refractivity contribution in [3.63, 3.8) is 0 Å². The minimum Gasteiger partial charge on any atom is -0.493 e. The molecular weight excluding hydrogens is 262 g/mol. The van der Waals surface area contributed by atoms with Crippen LogP contribution in [0.4, 0.5) is 0 Å². The zero-order chi connectivity index (χ0) is 14.4. The number of benzene rings is 2. The van der Waals surface area contributed by atoms with Gasteiger partial charge in [-0.2, -0.15) is 4.98 Å². The van der Waals surface area contributed by atoms with Crippen LogP contribution in [-0.2, 0) is 0 Å². The molecule has 0 aliphatic rings. The van der Waals surface area contributed by atoms with Crippen LogP contribution < -0.4 is 0 Å². The molecule has 0 atom stereocenters. The highest BCUT2D eigenvalue weighted by molar-refractivity contribution is 5.92. The molecule has 4 aromatic rings.